The molecule has 1 unspecified atom stereocenters. The third kappa shape index (κ3) is 4.16. The highest BCUT2D eigenvalue weighted by Gasteiger charge is 2.10. The highest BCUT2D eigenvalue weighted by Crippen LogP contribution is 2.26. The zero-order chi connectivity index (χ0) is 14.5. The Labute approximate surface area is 134 Å². The van der Waals surface area contributed by atoms with Gasteiger partial charge in [0.1, 0.15) is 0 Å². The molecule has 0 aliphatic heterocycles. The van der Waals surface area contributed by atoms with Crippen LogP contribution in [0.3, 0.4) is 0 Å². The molecule has 0 aliphatic carbocycles. The van der Waals surface area contributed by atoms with Crippen molar-refractivity contribution < 1.29 is 0 Å². The first-order chi connectivity index (χ1) is 9.60. The van der Waals surface area contributed by atoms with Gasteiger partial charge in [-0.05, 0) is 47.6 Å². The topological polar surface area (TPSA) is 26.0 Å². The zero-order valence-electron chi connectivity index (χ0n) is 11.3. The summed E-state index contributed by atoms with van der Waals surface area (Å²) in [6.07, 6.45) is 0.705. The average molecular weight is 326 g/mol. The van der Waals surface area contributed by atoms with Crippen molar-refractivity contribution in [1.29, 1.82) is 0 Å². The van der Waals surface area contributed by atoms with Crippen LogP contribution >= 0.6 is 35.0 Å². The van der Waals surface area contributed by atoms with Crippen molar-refractivity contribution in [3.8, 4) is 0 Å². The standard InChI is InChI=1S/C16H17Cl2NS/c1-2-20-14-7-4-11(5-8-14)16(19)9-12-3-6-13(17)10-15(12)18/h3-8,10,16H,2,9,19H2,1H3. The maximum Gasteiger partial charge on any atom is 0.0453 e. The van der Waals surface area contributed by atoms with Gasteiger partial charge in [0.2, 0.25) is 0 Å². The number of hydrogen-bond donors (Lipinski definition) is 1. The van der Waals surface area contributed by atoms with Gasteiger partial charge in [0.05, 0.1) is 0 Å². The number of nitrogens with two attached hydrogens (primary N) is 1. The summed E-state index contributed by atoms with van der Waals surface area (Å²) < 4.78 is 0. The van der Waals surface area contributed by atoms with Crippen molar-refractivity contribution in [1.82, 2.24) is 0 Å². The highest BCUT2D eigenvalue weighted by molar-refractivity contribution is 7.99. The Morgan fingerprint density at radius 3 is 2.40 bits per heavy atom. The summed E-state index contributed by atoms with van der Waals surface area (Å²) in [5.74, 6) is 1.08. The Hall–Kier alpha value is -0.670. The first-order valence-electron chi connectivity index (χ1n) is 6.52. The van der Waals surface area contributed by atoms with Gasteiger partial charge in [0, 0.05) is 21.0 Å². The van der Waals surface area contributed by atoms with E-state index in [-0.39, 0.29) is 6.04 Å². The lowest BCUT2D eigenvalue weighted by Crippen LogP contribution is -2.13. The van der Waals surface area contributed by atoms with E-state index in [1.807, 2.05) is 23.9 Å². The van der Waals surface area contributed by atoms with Gasteiger partial charge in [0.15, 0.2) is 0 Å². The van der Waals surface area contributed by atoms with Gasteiger partial charge in [-0.3, -0.25) is 0 Å². The molecule has 106 valence electrons. The monoisotopic (exact) mass is 325 g/mol. The van der Waals surface area contributed by atoms with Crippen LogP contribution in [0, 0.1) is 0 Å². The highest BCUT2D eigenvalue weighted by atomic mass is 35.5. The molecule has 0 bridgehead atoms. The SMILES string of the molecule is CCSc1ccc(C(N)Cc2ccc(Cl)cc2Cl)cc1. The molecule has 0 saturated heterocycles. The molecule has 2 aromatic rings. The molecule has 0 aliphatic rings. The molecular formula is C16H17Cl2NS. The summed E-state index contributed by atoms with van der Waals surface area (Å²) in [6.45, 7) is 2.15. The van der Waals surface area contributed by atoms with E-state index in [9.17, 15) is 0 Å². The molecule has 2 aromatic carbocycles. The van der Waals surface area contributed by atoms with Crippen LogP contribution in [0.1, 0.15) is 24.1 Å². The smallest absolute Gasteiger partial charge is 0.0453 e. The first-order valence-corrected chi connectivity index (χ1v) is 8.26. The summed E-state index contributed by atoms with van der Waals surface area (Å²) in [5, 5.41) is 1.32. The third-order valence-corrected chi connectivity index (χ3v) is 4.56. The van der Waals surface area contributed by atoms with Crippen molar-refractivity contribution in [3.63, 3.8) is 0 Å². The molecule has 4 heteroatoms. The van der Waals surface area contributed by atoms with Crippen LogP contribution < -0.4 is 5.73 Å². The first kappa shape index (κ1) is 15.7. The van der Waals surface area contributed by atoms with Crippen molar-refractivity contribution in [2.45, 2.75) is 24.3 Å². The van der Waals surface area contributed by atoms with Gasteiger partial charge in [0.25, 0.3) is 0 Å². The van der Waals surface area contributed by atoms with Gasteiger partial charge in [-0.25, -0.2) is 0 Å². The lowest BCUT2D eigenvalue weighted by Gasteiger charge is -2.14. The summed E-state index contributed by atoms with van der Waals surface area (Å²) in [6, 6.07) is 13.9. The van der Waals surface area contributed by atoms with Gasteiger partial charge in [-0.2, -0.15) is 0 Å². The van der Waals surface area contributed by atoms with Crippen LogP contribution in [0.25, 0.3) is 0 Å². The van der Waals surface area contributed by atoms with Gasteiger partial charge >= 0.3 is 0 Å². The van der Waals surface area contributed by atoms with E-state index in [0.29, 0.717) is 16.5 Å². The van der Waals surface area contributed by atoms with Crippen LogP contribution in [0.2, 0.25) is 10.0 Å². The van der Waals surface area contributed by atoms with Crippen molar-refractivity contribution in [2.75, 3.05) is 5.75 Å². The molecule has 1 nitrogen and oxygen atoms in total. The summed E-state index contributed by atoms with van der Waals surface area (Å²) in [5.41, 5.74) is 8.40. The van der Waals surface area contributed by atoms with E-state index in [1.54, 1.807) is 6.07 Å². The third-order valence-electron chi connectivity index (χ3n) is 3.07. The molecule has 0 amide bonds. The molecule has 0 radical (unpaired) electrons. The maximum absolute atomic E-state index is 6.26. The van der Waals surface area contributed by atoms with Crippen LogP contribution in [-0.2, 0) is 6.42 Å². The molecule has 0 saturated carbocycles. The second-order valence-corrected chi connectivity index (χ2v) is 6.73. The largest absolute Gasteiger partial charge is 0.324 e. The summed E-state index contributed by atoms with van der Waals surface area (Å²) in [7, 11) is 0. The van der Waals surface area contributed by atoms with Gasteiger partial charge < -0.3 is 5.73 Å². The van der Waals surface area contributed by atoms with Crippen LogP contribution in [0.15, 0.2) is 47.4 Å². The van der Waals surface area contributed by atoms with Gasteiger partial charge in [-0.15, -0.1) is 11.8 Å². The Bertz CT molecular complexity index is 569. The predicted octanol–water partition coefficient (Wildman–Crippen LogP) is 5.35. The fraction of sp³-hybridized carbons (Fsp3) is 0.250. The van der Waals surface area contributed by atoms with E-state index >= 15 is 0 Å². The normalized spacial score (nSPS) is 12.4. The molecule has 0 spiro atoms. The minimum Gasteiger partial charge on any atom is -0.324 e. The van der Waals surface area contributed by atoms with Crippen molar-refractivity contribution >= 4 is 35.0 Å². The quantitative estimate of drug-likeness (QED) is 0.750. The fourth-order valence-corrected chi connectivity index (χ4v) is 3.17. The average Bonchev–Trinajstić information content (AvgIpc) is 2.43. The Kier molecular flexibility index (Phi) is 5.79. The summed E-state index contributed by atoms with van der Waals surface area (Å²) in [4.78, 5) is 1.27. The summed E-state index contributed by atoms with van der Waals surface area (Å²) >= 11 is 13.9. The molecule has 2 rings (SSSR count). The number of thioether (sulfide) groups is 1. The number of benzene rings is 2. The van der Waals surface area contributed by atoms with E-state index in [4.69, 9.17) is 28.9 Å². The van der Waals surface area contributed by atoms with E-state index < -0.39 is 0 Å². The Morgan fingerprint density at radius 1 is 1.10 bits per heavy atom. The molecule has 20 heavy (non-hydrogen) atoms. The minimum atomic E-state index is -0.0608. The maximum atomic E-state index is 6.26. The van der Waals surface area contributed by atoms with Crippen molar-refractivity contribution in [3.05, 3.63) is 63.6 Å². The lowest BCUT2D eigenvalue weighted by atomic mass is 10.00. The van der Waals surface area contributed by atoms with Gasteiger partial charge in [-0.1, -0.05) is 48.3 Å². The lowest BCUT2D eigenvalue weighted by molar-refractivity contribution is 0.721. The Balaban J connectivity index is 2.09. The van der Waals surface area contributed by atoms with E-state index in [1.165, 1.54) is 4.90 Å². The Morgan fingerprint density at radius 2 is 1.80 bits per heavy atom. The van der Waals surface area contributed by atoms with E-state index in [0.717, 1.165) is 16.9 Å². The van der Waals surface area contributed by atoms with Crippen molar-refractivity contribution in [2.24, 2.45) is 5.73 Å². The van der Waals surface area contributed by atoms with Crippen LogP contribution in [0.5, 0.6) is 0 Å². The molecule has 1 atom stereocenters. The van der Waals surface area contributed by atoms with Crippen LogP contribution in [-0.4, -0.2) is 5.75 Å². The number of hydrogen-bond acceptors (Lipinski definition) is 2. The number of halogens is 2. The fourth-order valence-electron chi connectivity index (χ4n) is 2.02. The molecule has 0 aromatic heterocycles. The molecule has 2 N–H and O–H groups in total. The van der Waals surface area contributed by atoms with Crippen LogP contribution in [0.4, 0.5) is 0 Å². The molecular weight excluding hydrogens is 309 g/mol. The molecule has 0 heterocycles. The second kappa shape index (κ2) is 7.37. The second-order valence-electron chi connectivity index (χ2n) is 4.55. The predicted molar refractivity (Wildman–Crippen MR) is 89.9 cm³/mol. The van der Waals surface area contributed by atoms with E-state index in [2.05, 4.69) is 31.2 Å². The zero-order valence-corrected chi connectivity index (χ0v) is 13.6. The number of rotatable bonds is 5. The molecule has 0 fully saturated rings. The minimum absolute atomic E-state index is 0.0608.